The number of ether oxygens (including phenoxy) is 2. The summed E-state index contributed by atoms with van der Waals surface area (Å²) in [5.41, 5.74) is -0.686. The van der Waals surface area contributed by atoms with Gasteiger partial charge in [0.05, 0.1) is 23.6 Å². The highest BCUT2D eigenvalue weighted by atomic mass is 16.6. The minimum absolute atomic E-state index is 0.113. The number of aromatic nitrogens is 2. The largest absolute Gasteiger partial charge is 0.462 e. The molecule has 1 aliphatic carbocycles. The molecule has 0 amide bonds. The number of nitrogens with one attached hydrogen (secondary N) is 1. The third-order valence-electron chi connectivity index (χ3n) is 4.89. The van der Waals surface area contributed by atoms with Crippen molar-refractivity contribution in [1.29, 1.82) is 0 Å². The molecule has 0 aliphatic heterocycles. The van der Waals surface area contributed by atoms with Crippen LogP contribution < -0.4 is 11.2 Å². The molecule has 140 valence electrons. The van der Waals surface area contributed by atoms with Crippen LogP contribution in [0.2, 0.25) is 0 Å². The van der Waals surface area contributed by atoms with Crippen molar-refractivity contribution in [3.8, 4) is 0 Å². The average molecular weight is 360 g/mol. The van der Waals surface area contributed by atoms with Crippen molar-refractivity contribution >= 4 is 16.9 Å². The van der Waals surface area contributed by atoms with Crippen LogP contribution in [0, 0.1) is 5.92 Å². The highest BCUT2D eigenvalue weighted by molar-refractivity contribution is 5.77. The molecule has 0 radical (unpaired) electrons. The average Bonchev–Trinajstić information content (AvgIpc) is 2.63. The van der Waals surface area contributed by atoms with Gasteiger partial charge in [-0.25, -0.2) is 9.36 Å². The molecule has 1 N–H and O–H groups in total. The van der Waals surface area contributed by atoms with Crippen LogP contribution in [-0.2, 0) is 20.8 Å². The van der Waals surface area contributed by atoms with Crippen LogP contribution in [0.5, 0.6) is 0 Å². The number of fused-ring (bicyclic) bond motifs is 1. The second-order valence-electron chi connectivity index (χ2n) is 6.76. The first kappa shape index (κ1) is 18.4. The minimum Gasteiger partial charge on any atom is -0.462 e. The molecule has 7 nitrogen and oxygen atoms in total. The van der Waals surface area contributed by atoms with Gasteiger partial charge in [0.25, 0.3) is 5.56 Å². The van der Waals surface area contributed by atoms with E-state index < -0.39 is 23.8 Å². The van der Waals surface area contributed by atoms with Crippen LogP contribution >= 0.6 is 0 Å². The van der Waals surface area contributed by atoms with E-state index >= 15 is 0 Å². The molecular formula is C19H24N2O5. The molecule has 1 aliphatic rings. The van der Waals surface area contributed by atoms with Crippen LogP contribution in [0.15, 0.2) is 33.9 Å². The van der Waals surface area contributed by atoms with Crippen molar-refractivity contribution in [2.75, 3.05) is 13.2 Å². The first-order chi connectivity index (χ1) is 12.6. The van der Waals surface area contributed by atoms with Crippen molar-refractivity contribution in [1.82, 2.24) is 9.55 Å². The van der Waals surface area contributed by atoms with E-state index in [1.54, 1.807) is 24.3 Å². The Kier molecular flexibility index (Phi) is 5.88. The first-order valence-corrected chi connectivity index (χ1v) is 9.05. The number of hydrogen-bond acceptors (Lipinski definition) is 5. The summed E-state index contributed by atoms with van der Waals surface area (Å²) >= 11 is 0. The molecule has 7 heteroatoms. The summed E-state index contributed by atoms with van der Waals surface area (Å²) in [6.45, 7) is 2.19. The van der Waals surface area contributed by atoms with Gasteiger partial charge in [0, 0.05) is 0 Å². The van der Waals surface area contributed by atoms with Gasteiger partial charge in [0.15, 0.2) is 0 Å². The SMILES string of the molecule is C[C@@H]1CCCC[C@H]1OCCOC(=O)Cn1c(=O)[nH]c2ccccc2c1=O. The van der Waals surface area contributed by atoms with Gasteiger partial charge in [-0.1, -0.05) is 31.9 Å². The van der Waals surface area contributed by atoms with E-state index in [0.717, 1.165) is 17.4 Å². The van der Waals surface area contributed by atoms with E-state index in [4.69, 9.17) is 9.47 Å². The van der Waals surface area contributed by atoms with Gasteiger partial charge in [0.2, 0.25) is 0 Å². The zero-order valence-corrected chi connectivity index (χ0v) is 14.9. The predicted octanol–water partition coefficient (Wildman–Crippen LogP) is 1.83. The third-order valence-corrected chi connectivity index (χ3v) is 4.89. The lowest BCUT2D eigenvalue weighted by atomic mass is 9.88. The van der Waals surface area contributed by atoms with Crippen molar-refractivity contribution in [2.24, 2.45) is 5.92 Å². The maximum atomic E-state index is 12.4. The van der Waals surface area contributed by atoms with Crippen molar-refractivity contribution in [2.45, 2.75) is 45.3 Å². The van der Waals surface area contributed by atoms with E-state index in [-0.39, 0.29) is 12.7 Å². The molecule has 1 fully saturated rings. The van der Waals surface area contributed by atoms with E-state index in [1.165, 1.54) is 12.8 Å². The van der Waals surface area contributed by atoms with Crippen LogP contribution in [0.25, 0.3) is 10.9 Å². The summed E-state index contributed by atoms with van der Waals surface area (Å²) in [6, 6.07) is 6.68. The zero-order valence-electron chi connectivity index (χ0n) is 14.9. The molecule has 1 heterocycles. The number of nitrogens with zero attached hydrogens (tertiary/aromatic N) is 1. The van der Waals surface area contributed by atoms with Crippen molar-refractivity contribution in [3.63, 3.8) is 0 Å². The molecule has 1 aromatic carbocycles. The second-order valence-corrected chi connectivity index (χ2v) is 6.76. The summed E-state index contributed by atoms with van der Waals surface area (Å²) < 4.78 is 11.8. The molecule has 1 saturated carbocycles. The number of aromatic amines is 1. The zero-order chi connectivity index (χ0) is 18.5. The Bertz CT molecular complexity index is 885. The molecule has 0 unspecified atom stereocenters. The summed E-state index contributed by atoms with van der Waals surface area (Å²) in [6.07, 6.45) is 4.83. The standard InChI is InChI=1S/C19H24N2O5/c1-13-6-2-5-9-16(13)25-10-11-26-17(22)12-21-18(23)14-7-3-4-8-15(14)20-19(21)24/h3-4,7-8,13,16H,2,5-6,9-12H2,1H3,(H,20,24)/t13-,16-/m1/s1. The molecule has 0 bridgehead atoms. The smallest absolute Gasteiger partial charge is 0.329 e. The van der Waals surface area contributed by atoms with Crippen LogP contribution in [0.1, 0.15) is 32.6 Å². The summed E-state index contributed by atoms with van der Waals surface area (Å²) in [5, 5.41) is 0.356. The molecular weight excluding hydrogens is 336 g/mol. The van der Waals surface area contributed by atoms with Gasteiger partial charge in [-0.3, -0.25) is 9.59 Å². The number of carbonyl (C=O) groups excluding carboxylic acids is 1. The number of benzene rings is 1. The normalized spacial score (nSPS) is 20.2. The fourth-order valence-electron chi connectivity index (χ4n) is 3.40. The second kappa shape index (κ2) is 8.31. The topological polar surface area (TPSA) is 90.4 Å². The molecule has 1 aromatic heterocycles. The van der Waals surface area contributed by atoms with Crippen LogP contribution in [0.4, 0.5) is 0 Å². The van der Waals surface area contributed by atoms with E-state index in [0.29, 0.717) is 23.4 Å². The Morgan fingerprint density at radius 3 is 2.77 bits per heavy atom. The summed E-state index contributed by atoms with van der Waals surface area (Å²) in [4.78, 5) is 39.0. The number of para-hydroxylation sites is 1. The fourth-order valence-corrected chi connectivity index (χ4v) is 3.40. The molecule has 3 rings (SSSR count). The summed E-state index contributed by atoms with van der Waals surface area (Å²) in [5.74, 6) is -0.109. The van der Waals surface area contributed by atoms with E-state index in [9.17, 15) is 14.4 Å². The molecule has 2 atom stereocenters. The number of esters is 1. The van der Waals surface area contributed by atoms with Gasteiger partial charge < -0.3 is 14.5 Å². The van der Waals surface area contributed by atoms with Crippen LogP contribution in [0.3, 0.4) is 0 Å². The van der Waals surface area contributed by atoms with E-state index in [2.05, 4.69) is 11.9 Å². The monoisotopic (exact) mass is 360 g/mol. The quantitative estimate of drug-likeness (QED) is 0.627. The van der Waals surface area contributed by atoms with Gasteiger partial charge in [-0.05, 0) is 30.9 Å². The Hall–Kier alpha value is -2.41. The van der Waals surface area contributed by atoms with Crippen molar-refractivity contribution < 1.29 is 14.3 Å². The Labute approximate surface area is 150 Å². The fraction of sp³-hybridized carbons (Fsp3) is 0.526. The summed E-state index contributed by atoms with van der Waals surface area (Å²) in [7, 11) is 0. The maximum Gasteiger partial charge on any atom is 0.329 e. The van der Waals surface area contributed by atoms with E-state index in [1.807, 2.05) is 0 Å². The lowest BCUT2D eigenvalue weighted by molar-refractivity contribution is -0.147. The molecule has 0 spiro atoms. The Morgan fingerprint density at radius 1 is 1.19 bits per heavy atom. The number of carbonyl (C=O) groups is 1. The highest BCUT2D eigenvalue weighted by Crippen LogP contribution is 2.26. The first-order valence-electron chi connectivity index (χ1n) is 9.05. The van der Waals surface area contributed by atoms with Gasteiger partial charge in [-0.15, -0.1) is 0 Å². The van der Waals surface area contributed by atoms with Crippen LogP contribution in [-0.4, -0.2) is 34.8 Å². The minimum atomic E-state index is -0.631. The lowest BCUT2D eigenvalue weighted by Crippen LogP contribution is -2.38. The molecule has 26 heavy (non-hydrogen) atoms. The number of rotatable bonds is 6. The third kappa shape index (κ3) is 4.22. The Morgan fingerprint density at radius 2 is 1.96 bits per heavy atom. The lowest BCUT2D eigenvalue weighted by Gasteiger charge is -2.28. The maximum absolute atomic E-state index is 12.4. The van der Waals surface area contributed by atoms with Crippen molar-refractivity contribution in [3.05, 3.63) is 45.1 Å². The molecule has 2 aromatic rings. The van der Waals surface area contributed by atoms with Gasteiger partial charge in [-0.2, -0.15) is 0 Å². The highest BCUT2D eigenvalue weighted by Gasteiger charge is 2.21. The number of H-pyrrole nitrogens is 1. The molecule has 0 saturated heterocycles. The Balaban J connectivity index is 1.54. The number of hydrogen-bond donors (Lipinski definition) is 1. The predicted molar refractivity (Wildman–Crippen MR) is 97.2 cm³/mol. The van der Waals surface area contributed by atoms with Gasteiger partial charge >= 0.3 is 11.7 Å². The van der Waals surface area contributed by atoms with Gasteiger partial charge in [0.1, 0.15) is 13.2 Å².